The van der Waals surface area contributed by atoms with Gasteiger partial charge >= 0.3 is 11.8 Å². The average Bonchev–Trinajstić information content (AvgIpc) is 2.31. The van der Waals surface area contributed by atoms with E-state index in [1.165, 1.54) is 0 Å². The highest BCUT2D eigenvalue weighted by atomic mass is 16.2. The molecule has 0 radical (unpaired) electrons. The number of rotatable bonds is 4. The van der Waals surface area contributed by atoms with Gasteiger partial charge in [-0.15, -0.1) is 0 Å². The van der Waals surface area contributed by atoms with Crippen LogP contribution in [0.25, 0.3) is 0 Å². The number of carbonyl (C=O) groups excluding carboxylic acids is 2. The Labute approximate surface area is 107 Å². The van der Waals surface area contributed by atoms with Crippen LogP contribution in [0.4, 0.5) is 5.82 Å². The topological polar surface area (TPSA) is 71.1 Å². The average molecular weight is 249 g/mol. The molecule has 1 aromatic heterocycles. The van der Waals surface area contributed by atoms with Crippen molar-refractivity contribution in [3.63, 3.8) is 0 Å². The predicted molar refractivity (Wildman–Crippen MR) is 70.1 cm³/mol. The monoisotopic (exact) mass is 249 g/mol. The molecule has 0 unspecified atom stereocenters. The van der Waals surface area contributed by atoms with Crippen LogP contribution < -0.4 is 10.6 Å². The first-order chi connectivity index (χ1) is 8.50. The number of amides is 2. The molecule has 0 fully saturated rings. The van der Waals surface area contributed by atoms with E-state index in [-0.39, 0.29) is 0 Å². The summed E-state index contributed by atoms with van der Waals surface area (Å²) < 4.78 is 0. The van der Waals surface area contributed by atoms with E-state index in [0.717, 1.165) is 12.0 Å². The van der Waals surface area contributed by atoms with Gasteiger partial charge in [0.2, 0.25) is 0 Å². The van der Waals surface area contributed by atoms with Crippen LogP contribution in [0.5, 0.6) is 0 Å². The molecule has 5 nitrogen and oxygen atoms in total. The third kappa shape index (κ3) is 4.53. The van der Waals surface area contributed by atoms with Gasteiger partial charge in [-0.1, -0.05) is 19.9 Å². The summed E-state index contributed by atoms with van der Waals surface area (Å²) in [6.07, 6.45) is 2.42. The first kappa shape index (κ1) is 14.2. The highest BCUT2D eigenvalue weighted by Gasteiger charge is 2.14. The molecule has 1 aromatic rings. The number of hydrogen-bond acceptors (Lipinski definition) is 3. The van der Waals surface area contributed by atoms with Gasteiger partial charge in [0.1, 0.15) is 5.82 Å². The molecule has 1 heterocycles. The molecule has 1 rings (SSSR count). The zero-order valence-corrected chi connectivity index (χ0v) is 11.0. The predicted octanol–water partition coefficient (Wildman–Crippen LogP) is 1.49. The number of anilines is 1. The zero-order valence-electron chi connectivity index (χ0n) is 11.0. The minimum Gasteiger partial charge on any atom is -0.348 e. The molecule has 2 amide bonds. The molecule has 18 heavy (non-hydrogen) atoms. The van der Waals surface area contributed by atoms with Gasteiger partial charge in [0.25, 0.3) is 0 Å². The Bertz CT molecular complexity index is 430. The number of hydrogen-bond donors (Lipinski definition) is 2. The third-order valence-corrected chi connectivity index (χ3v) is 2.45. The molecule has 2 N–H and O–H groups in total. The van der Waals surface area contributed by atoms with Gasteiger partial charge in [0, 0.05) is 12.7 Å². The van der Waals surface area contributed by atoms with Gasteiger partial charge < -0.3 is 10.6 Å². The quantitative estimate of drug-likeness (QED) is 0.794. The molecular formula is C13H19N3O2. The van der Waals surface area contributed by atoms with E-state index < -0.39 is 11.8 Å². The van der Waals surface area contributed by atoms with Crippen molar-refractivity contribution in [1.29, 1.82) is 0 Å². The largest absolute Gasteiger partial charge is 0.348 e. The van der Waals surface area contributed by atoms with Crippen LogP contribution in [0.15, 0.2) is 18.3 Å². The zero-order chi connectivity index (χ0) is 13.5. The molecule has 98 valence electrons. The Morgan fingerprint density at radius 1 is 1.33 bits per heavy atom. The first-order valence-corrected chi connectivity index (χ1v) is 6.01. The van der Waals surface area contributed by atoms with Crippen molar-refractivity contribution in [2.24, 2.45) is 5.92 Å². The smallest absolute Gasteiger partial charge is 0.314 e. The Hall–Kier alpha value is -1.91. The Kier molecular flexibility index (Phi) is 5.30. The minimum absolute atomic E-state index is 0.418. The highest BCUT2D eigenvalue weighted by molar-refractivity contribution is 6.39. The lowest BCUT2D eigenvalue weighted by atomic mass is 10.1. The van der Waals surface area contributed by atoms with Crippen LogP contribution in [0, 0.1) is 12.8 Å². The van der Waals surface area contributed by atoms with E-state index in [9.17, 15) is 9.59 Å². The Balaban J connectivity index is 2.46. The van der Waals surface area contributed by atoms with Gasteiger partial charge in [0.05, 0.1) is 0 Å². The van der Waals surface area contributed by atoms with E-state index in [1.807, 2.05) is 13.0 Å². The molecule has 0 atom stereocenters. The summed E-state index contributed by atoms with van der Waals surface area (Å²) in [6.45, 7) is 6.44. The first-order valence-electron chi connectivity index (χ1n) is 6.01. The molecule has 0 spiro atoms. The Morgan fingerprint density at radius 2 is 2.06 bits per heavy atom. The van der Waals surface area contributed by atoms with Crippen LogP contribution in [-0.4, -0.2) is 23.3 Å². The summed E-state index contributed by atoms with van der Waals surface area (Å²) >= 11 is 0. The number of aromatic nitrogens is 1. The normalized spacial score (nSPS) is 10.2. The molecule has 0 bridgehead atoms. The molecular weight excluding hydrogens is 230 g/mol. The number of pyridine rings is 1. The van der Waals surface area contributed by atoms with Crippen molar-refractivity contribution in [3.8, 4) is 0 Å². The van der Waals surface area contributed by atoms with E-state index >= 15 is 0 Å². The lowest BCUT2D eigenvalue weighted by Gasteiger charge is -2.08. The van der Waals surface area contributed by atoms with Gasteiger partial charge in [-0.05, 0) is 30.9 Å². The fourth-order valence-corrected chi connectivity index (χ4v) is 1.34. The standard InChI is InChI=1S/C13H19N3O2/c1-9(2)6-8-15-12(17)13(18)16-11-10(3)5-4-7-14-11/h4-5,7,9H,6,8H2,1-3H3,(H,15,17)(H,14,16,18). The van der Waals surface area contributed by atoms with E-state index in [4.69, 9.17) is 0 Å². The van der Waals surface area contributed by atoms with Crippen molar-refractivity contribution in [2.75, 3.05) is 11.9 Å². The molecule has 0 saturated carbocycles. The van der Waals surface area contributed by atoms with Gasteiger partial charge in [-0.2, -0.15) is 0 Å². The summed E-state index contributed by atoms with van der Waals surface area (Å²) in [6, 6.07) is 3.59. The summed E-state index contributed by atoms with van der Waals surface area (Å²) in [5, 5.41) is 5.06. The second-order valence-corrected chi connectivity index (χ2v) is 4.56. The van der Waals surface area contributed by atoms with Gasteiger partial charge in [-0.25, -0.2) is 4.98 Å². The maximum atomic E-state index is 11.6. The van der Waals surface area contributed by atoms with Gasteiger partial charge in [0.15, 0.2) is 0 Å². The summed E-state index contributed by atoms with van der Waals surface area (Å²) in [5.74, 6) is -0.394. The van der Waals surface area contributed by atoms with Crippen molar-refractivity contribution in [2.45, 2.75) is 27.2 Å². The second kappa shape index (κ2) is 6.74. The molecule has 0 aromatic carbocycles. The lowest BCUT2D eigenvalue weighted by molar-refractivity contribution is -0.136. The van der Waals surface area contributed by atoms with Crippen LogP contribution in [0.1, 0.15) is 25.8 Å². The second-order valence-electron chi connectivity index (χ2n) is 4.56. The number of nitrogens with one attached hydrogen (secondary N) is 2. The third-order valence-electron chi connectivity index (χ3n) is 2.45. The van der Waals surface area contributed by atoms with Crippen LogP contribution >= 0.6 is 0 Å². The van der Waals surface area contributed by atoms with Crippen LogP contribution in [0.3, 0.4) is 0 Å². The summed E-state index contributed by atoms with van der Waals surface area (Å²) in [4.78, 5) is 27.1. The van der Waals surface area contributed by atoms with Crippen molar-refractivity contribution < 1.29 is 9.59 Å². The van der Waals surface area contributed by atoms with Gasteiger partial charge in [-0.3, -0.25) is 9.59 Å². The van der Waals surface area contributed by atoms with Crippen LogP contribution in [-0.2, 0) is 9.59 Å². The molecule has 5 heteroatoms. The number of carbonyl (C=O) groups is 2. The number of nitrogens with zero attached hydrogens (tertiary/aromatic N) is 1. The fourth-order valence-electron chi connectivity index (χ4n) is 1.34. The minimum atomic E-state index is -0.680. The number of aryl methyl sites for hydroxylation is 1. The molecule has 0 aliphatic rings. The molecule has 0 aliphatic heterocycles. The SMILES string of the molecule is Cc1cccnc1NC(=O)C(=O)NCCC(C)C. The van der Waals surface area contributed by atoms with E-state index in [0.29, 0.717) is 18.3 Å². The van der Waals surface area contributed by atoms with E-state index in [1.54, 1.807) is 12.3 Å². The van der Waals surface area contributed by atoms with Crippen molar-refractivity contribution in [3.05, 3.63) is 23.9 Å². The van der Waals surface area contributed by atoms with Crippen molar-refractivity contribution in [1.82, 2.24) is 10.3 Å². The lowest BCUT2D eigenvalue weighted by Crippen LogP contribution is -2.36. The summed E-state index contributed by atoms with van der Waals surface area (Å²) in [5.41, 5.74) is 0.820. The van der Waals surface area contributed by atoms with Crippen molar-refractivity contribution >= 4 is 17.6 Å². The molecule has 0 aliphatic carbocycles. The summed E-state index contributed by atoms with van der Waals surface area (Å²) in [7, 11) is 0. The van der Waals surface area contributed by atoms with Crippen LogP contribution in [0.2, 0.25) is 0 Å². The highest BCUT2D eigenvalue weighted by Crippen LogP contribution is 2.08. The maximum Gasteiger partial charge on any atom is 0.314 e. The molecule has 0 saturated heterocycles. The Morgan fingerprint density at radius 3 is 2.67 bits per heavy atom. The fraction of sp³-hybridized carbons (Fsp3) is 0.462. The maximum absolute atomic E-state index is 11.6. The van der Waals surface area contributed by atoms with E-state index in [2.05, 4.69) is 29.5 Å².